The zero-order valence-corrected chi connectivity index (χ0v) is 19.7. The quantitative estimate of drug-likeness (QED) is 0.500. The largest absolute Gasteiger partial charge is 0.490 e. The number of amides is 2. The first-order valence-electron chi connectivity index (χ1n) is 11.3. The number of benzene rings is 2. The summed E-state index contributed by atoms with van der Waals surface area (Å²) >= 11 is 0. The summed E-state index contributed by atoms with van der Waals surface area (Å²) in [6, 6.07) is 9.48. The van der Waals surface area contributed by atoms with Crippen molar-refractivity contribution in [1.29, 1.82) is 0 Å². The molecular weight excluding hydrogens is 477 g/mol. The number of urea groups is 1. The zero-order valence-electron chi connectivity index (χ0n) is 19.7. The topological polar surface area (TPSA) is 85.9 Å². The van der Waals surface area contributed by atoms with Crippen LogP contribution in [0.15, 0.2) is 60.4 Å². The van der Waals surface area contributed by atoms with Crippen molar-refractivity contribution in [2.75, 3.05) is 30.5 Å². The number of halogens is 3. The van der Waals surface area contributed by atoms with E-state index in [1.54, 1.807) is 50.3 Å². The molecule has 1 saturated heterocycles. The molecule has 0 radical (unpaired) electrons. The lowest BCUT2D eigenvalue weighted by Gasteiger charge is -2.38. The first-order valence-corrected chi connectivity index (χ1v) is 11.3. The van der Waals surface area contributed by atoms with E-state index >= 15 is 0 Å². The number of hydrogen-bond acceptors (Lipinski definition) is 5. The molecule has 7 nitrogen and oxygen atoms in total. The molecule has 36 heavy (non-hydrogen) atoms. The van der Waals surface area contributed by atoms with Crippen LogP contribution in [0.4, 0.5) is 29.3 Å². The smallest absolute Gasteiger partial charge is 0.420 e. The van der Waals surface area contributed by atoms with Crippen LogP contribution in [0.2, 0.25) is 0 Å². The molecule has 2 N–H and O–H groups in total. The van der Waals surface area contributed by atoms with Gasteiger partial charge in [0.2, 0.25) is 5.78 Å². The number of carbonyl (C=O) groups is 2. The minimum Gasteiger partial charge on any atom is -0.490 e. The average Bonchev–Trinajstić information content (AvgIpc) is 2.80. The number of ether oxygens (including phenoxy) is 3. The van der Waals surface area contributed by atoms with Crippen molar-refractivity contribution in [1.82, 2.24) is 0 Å². The molecule has 2 aromatic carbocycles. The first-order chi connectivity index (χ1) is 17.1. The molecule has 1 aliphatic carbocycles. The van der Waals surface area contributed by atoms with Gasteiger partial charge in [0.05, 0.1) is 25.4 Å². The number of rotatable bonds is 7. The molecule has 2 aromatic rings. The van der Waals surface area contributed by atoms with Crippen LogP contribution >= 0.6 is 0 Å². The molecule has 1 fully saturated rings. The number of ketones is 1. The van der Waals surface area contributed by atoms with Gasteiger partial charge in [-0.2, -0.15) is 13.2 Å². The van der Waals surface area contributed by atoms with Crippen molar-refractivity contribution < 1.29 is 37.0 Å². The number of nitrogens with one attached hydrogen (secondary N) is 2. The minimum atomic E-state index is -4.67. The third-order valence-electron chi connectivity index (χ3n) is 5.56. The molecule has 0 unspecified atom stereocenters. The number of carbonyl (C=O) groups excluding carboxylic acids is 2. The van der Waals surface area contributed by atoms with Crippen LogP contribution in [0.3, 0.4) is 0 Å². The standard InChI is InChI=1S/C26H25F3N2O5/c1-3-35-23-12-17(6-10-21(23)32)16-4-7-18(8-5-16)30-24(33)31-19-9-11-22(20(13-19)26(27,28)29)36-25(2)14-34-15-25/h4-9,11-13H,3,10,14-15H2,1-2H3,(H2,30,31,33). The van der Waals surface area contributed by atoms with Gasteiger partial charge in [0, 0.05) is 17.8 Å². The molecule has 190 valence electrons. The fraction of sp³-hybridized carbons (Fsp3) is 0.308. The van der Waals surface area contributed by atoms with E-state index in [9.17, 15) is 22.8 Å². The Kier molecular flexibility index (Phi) is 7.07. The number of Topliss-reactive ketones (excluding diaryl/α,β-unsaturated/α-hetero) is 1. The molecule has 1 aliphatic heterocycles. The van der Waals surface area contributed by atoms with Crippen LogP contribution in [-0.4, -0.2) is 37.2 Å². The van der Waals surface area contributed by atoms with E-state index in [0.29, 0.717) is 18.1 Å². The summed E-state index contributed by atoms with van der Waals surface area (Å²) in [5.74, 6) is -0.105. The maximum absolute atomic E-state index is 13.6. The predicted molar refractivity (Wildman–Crippen MR) is 128 cm³/mol. The Morgan fingerprint density at radius 1 is 1.08 bits per heavy atom. The Bertz CT molecular complexity index is 1220. The summed E-state index contributed by atoms with van der Waals surface area (Å²) in [4.78, 5) is 24.3. The fourth-order valence-corrected chi connectivity index (χ4v) is 3.73. The maximum atomic E-state index is 13.6. The zero-order chi connectivity index (χ0) is 25.9. The van der Waals surface area contributed by atoms with Gasteiger partial charge in [0.1, 0.15) is 5.75 Å². The molecule has 0 spiro atoms. The van der Waals surface area contributed by atoms with Crippen molar-refractivity contribution in [3.05, 3.63) is 71.5 Å². The SMILES string of the molecule is CCOC1=CC(c2ccc(NC(=O)Nc3ccc(OC4(C)COC4)c(C(F)(F)F)c3)cc2)=CCC1=O. The molecule has 4 rings (SSSR count). The van der Waals surface area contributed by atoms with Crippen molar-refractivity contribution in [3.8, 4) is 5.75 Å². The lowest BCUT2D eigenvalue weighted by molar-refractivity contribution is -0.160. The van der Waals surface area contributed by atoms with Gasteiger partial charge in [-0.1, -0.05) is 18.2 Å². The van der Waals surface area contributed by atoms with E-state index in [4.69, 9.17) is 14.2 Å². The third kappa shape index (κ3) is 5.88. The van der Waals surface area contributed by atoms with Crippen LogP contribution < -0.4 is 15.4 Å². The molecule has 10 heteroatoms. The summed E-state index contributed by atoms with van der Waals surface area (Å²) in [5, 5.41) is 5.01. The average molecular weight is 502 g/mol. The first kappa shape index (κ1) is 25.3. The van der Waals surface area contributed by atoms with E-state index in [0.717, 1.165) is 17.2 Å². The highest BCUT2D eigenvalue weighted by atomic mass is 19.4. The van der Waals surface area contributed by atoms with E-state index in [1.165, 1.54) is 12.1 Å². The van der Waals surface area contributed by atoms with Gasteiger partial charge in [-0.25, -0.2) is 4.79 Å². The second-order valence-electron chi connectivity index (χ2n) is 8.64. The van der Waals surface area contributed by atoms with Gasteiger partial charge in [-0.05, 0) is 61.4 Å². The van der Waals surface area contributed by atoms with Gasteiger partial charge in [0.25, 0.3) is 0 Å². The lowest BCUT2D eigenvalue weighted by Crippen LogP contribution is -2.51. The van der Waals surface area contributed by atoms with Crippen LogP contribution in [0.1, 0.15) is 31.4 Å². The lowest BCUT2D eigenvalue weighted by atomic mass is 9.98. The van der Waals surface area contributed by atoms with E-state index in [2.05, 4.69) is 10.6 Å². The Morgan fingerprint density at radius 3 is 2.36 bits per heavy atom. The van der Waals surface area contributed by atoms with Crippen molar-refractivity contribution in [2.24, 2.45) is 0 Å². The summed E-state index contributed by atoms with van der Waals surface area (Å²) in [6.45, 7) is 4.25. The molecule has 0 bridgehead atoms. The van der Waals surface area contributed by atoms with Crippen LogP contribution in [-0.2, 0) is 20.4 Å². The Morgan fingerprint density at radius 2 is 1.75 bits per heavy atom. The van der Waals surface area contributed by atoms with Crippen LogP contribution in [0.25, 0.3) is 5.57 Å². The minimum absolute atomic E-state index is 0.0376. The van der Waals surface area contributed by atoms with Crippen LogP contribution in [0, 0.1) is 0 Å². The van der Waals surface area contributed by atoms with Gasteiger partial charge in [0.15, 0.2) is 11.4 Å². The summed E-state index contributed by atoms with van der Waals surface area (Å²) < 4.78 is 56.8. The van der Waals surface area contributed by atoms with Gasteiger partial charge >= 0.3 is 12.2 Å². The molecule has 2 amide bonds. The monoisotopic (exact) mass is 502 g/mol. The van der Waals surface area contributed by atoms with Crippen LogP contribution in [0.5, 0.6) is 5.75 Å². The van der Waals surface area contributed by atoms with Crippen molar-refractivity contribution >= 4 is 28.8 Å². The molecule has 0 atom stereocenters. The highest BCUT2D eigenvalue weighted by Gasteiger charge is 2.40. The van der Waals surface area contributed by atoms with Crippen molar-refractivity contribution in [3.63, 3.8) is 0 Å². The number of alkyl halides is 3. The summed E-state index contributed by atoms with van der Waals surface area (Å²) in [6.07, 6.45) is -0.964. The number of anilines is 2. The number of allylic oxidation sites excluding steroid dienone is 4. The Hall–Kier alpha value is -3.79. The highest BCUT2D eigenvalue weighted by molar-refractivity contribution is 6.02. The summed E-state index contributed by atoms with van der Waals surface area (Å²) in [7, 11) is 0. The number of hydrogen-bond donors (Lipinski definition) is 2. The Balaban J connectivity index is 1.42. The van der Waals surface area contributed by atoms with Gasteiger partial charge < -0.3 is 24.8 Å². The molecule has 0 saturated carbocycles. The normalized spacial score (nSPS) is 16.9. The van der Waals surface area contributed by atoms with E-state index in [1.807, 2.05) is 0 Å². The third-order valence-corrected chi connectivity index (χ3v) is 5.56. The van der Waals surface area contributed by atoms with Gasteiger partial charge in [-0.15, -0.1) is 0 Å². The summed E-state index contributed by atoms with van der Waals surface area (Å²) in [5.41, 5.74) is 0.231. The highest BCUT2D eigenvalue weighted by Crippen LogP contribution is 2.40. The van der Waals surface area contributed by atoms with Crippen molar-refractivity contribution in [2.45, 2.75) is 32.0 Å². The predicted octanol–water partition coefficient (Wildman–Crippen LogP) is 5.79. The molecule has 2 aliphatic rings. The van der Waals surface area contributed by atoms with Gasteiger partial charge in [-0.3, -0.25) is 4.79 Å². The molecule has 0 aromatic heterocycles. The molecular formula is C26H25F3N2O5. The Labute approximate surface area is 205 Å². The maximum Gasteiger partial charge on any atom is 0.420 e. The van der Waals surface area contributed by atoms with E-state index < -0.39 is 23.4 Å². The fourth-order valence-electron chi connectivity index (χ4n) is 3.73. The second kappa shape index (κ2) is 10.1. The second-order valence-corrected chi connectivity index (χ2v) is 8.64. The van der Waals surface area contributed by atoms with E-state index in [-0.39, 0.29) is 36.9 Å². The molecule has 1 heterocycles.